The third-order valence-corrected chi connectivity index (χ3v) is 6.21. The summed E-state index contributed by atoms with van der Waals surface area (Å²) in [5.74, 6) is 3.26. The lowest BCUT2D eigenvalue weighted by Gasteiger charge is -2.23. The van der Waals surface area contributed by atoms with Crippen molar-refractivity contribution in [2.45, 2.75) is 31.9 Å². The number of aryl methyl sites for hydroxylation is 1. The maximum absolute atomic E-state index is 6.38. The molecule has 1 saturated carbocycles. The molecule has 31 heavy (non-hydrogen) atoms. The van der Waals surface area contributed by atoms with Crippen LogP contribution in [0.1, 0.15) is 31.4 Å². The Hall–Kier alpha value is -3.13. The summed E-state index contributed by atoms with van der Waals surface area (Å²) in [6, 6.07) is 8.24. The van der Waals surface area contributed by atoms with Crippen LogP contribution >= 0.6 is 0 Å². The minimum absolute atomic E-state index is 0.202. The van der Waals surface area contributed by atoms with E-state index in [1.165, 1.54) is 12.8 Å². The van der Waals surface area contributed by atoms with Gasteiger partial charge in [0.25, 0.3) is 0 Å². The average Bonchev–Trinajstić information content (AvgIpc) is 3.54. The number of aromatic nitrogens is 4. The Balaban J connectivity index is 1.41. The van der Waals surface area contributed by atoms with E-state index in [1.807, 2.05) is 31.4 Å². The first-order chi connectivity index (χ1) is 15.0. The fourth-order valence-electron chi connectivity index (χ4n) is 4.08. The third kappa shape index (κ3) is 3.95. The van der Waals surface area contributed by atoms with Gasteiger partial charge in [0.15, 0.2) is 0 Å². The summed E-state index contributed by atoms with van der Waals surface area (Å²) in [5.41, 5.74) is 2.97. The summed E-state index contributed by atoms with van der Waals surface area (Å²) in [7, 11) is 5.67. The van der Waals surface area contributed by atoms with E-state index >= 15 is 0 Å². The van der Waals surface area contributed by atoms with Gasteiger partial charge in [-0.05, 0) is 57.0 Å². The highest BCUT2D eigenvalue weighted by atomic mass is 16.5. The predicted octanol–water partition coefficient (Wildman–Crippen LogP) is 3.79. The van der Waals surface area contributed by atoms with E-state index in [9.17, 15) is 0 Å². The van der Waals surface area contributed by atoms with Crippen molar-refractivity contribution in [2.24, 2.45) is 13.0 Å². The summed E-state index contributed by atoms with van der Waals surface area (Å²) >= 11 is 0. The van der Waals surface area contributed by atoms with Gasteiger partial charge in [0.2, 0.25) is 11.8 Å². The molecule has 1 aliphatic heterocycles. The molecular formula is C23H28N6O2. The molecule has 5 rings (SSSR count). The maximum Gasteiger partial charge on any atom is 0.223 e. The van der Waals surface area contributed by atoms with Crippen LogP contribution in [0.2, 0.25) is 0 Å². The molecule has 8 nitrogen and oxygen atoms in total. The van der Waals surface area contributed by atoms with Gasteiger partial charge in [0.1, 0.15) is 17.7 Å². The molecule has 0 saturated heterocycles. The number of pyridine rings is 2. The Morgan fingerprint density at radius 3 is 2.58 bits per heavy atom. The molecule has 2 atom stereocenters. The van der Waals surface area contributed by atoms with Crippen molar-refractivity contribution in [3.05, 3.63) is 42.2 Å². The van der Waals surface area contributed by atoms with Crippen LogP contribution in [0.5, 0.6) is 11.8 Å². The SMILES string of the molecule is COc1nc(Nc2ccc3c(n2)OC(C2CC2)CN(C)C3C)ccc1-c1cnn(C)c1. The Kier molecular flexibility index (Phi) is 5.02. The lowest BCUT2D eigenvalue weighted by Crippen LogP contribution is -2.33. The molecule has 0 radical (unpaired) electrons. The fraction of sp³-hybridized carbons (Fsp3) is 0.435. The van der Waals surface area contributed by atoms with Crippen LogP contribution in [0, 0.1) is 5.92 Å². The van der Waals surface area contributed by atoms with Crippen molar-refractivity contribution in [1.82, 2.24) is 24.6 Å². The summed E-state index contributed by atoms with van der Waals surface area (Å²) in [4.78, 5) is 11.8. The molecule has 3 aromatic rings. The zero-order chi connectivity index (χ0) is 21.5. The normalized spacial score (nSPS) is 21.2. The largest absolute Gasteiger partial charge is 0.480 e. The molecule has 1 aliphatic carbocycles. The van der Waals surface area contributed by atoms with Crippen LogP contribution in [0.25, 0.3) is 11.1 Å². The average molecular weight is 421 g/mol. The fourth-order valence-corrected chi connectivity index (χ4v) is 4.08. The van der Waals surface area contributed by atoms with Gasteiger partial charge in [0, 0.05) is 42.5 Å². The second-order valence-corrected chi connectivity index (χ2v) is 8.48. The van der Waals surface area contributed by atoms with Gasteiger partial charge in [-0.25, -0.2) is 0 Å². The van der Waals surface area contributed by atoms with E-state index in [1.54, 1.807) is 18.0 Å². The topological polar surface area (TPSA) is 77.3 Å². The first-order valence-electron chi connectivity index (χ1n) is 10.7. The summed E-state index contributed by atoms with van der Waals surface area (Å²) in [6.07, 6.45) is 6.42. The van der Waals surface area contributed by atoms with Gasteiger partial charge in [-0.2, -0.15) is 15.1 Å². The molecular weight excluding hydrogens is 392 g/mol. The van der Waals surface area contributed by atoms with Crippen molar-refractivity contribution in [3.8, 4) is 22.9 Å². The first kappa shape index (κ1) is 19.8. The molecule has 2 unspecified atom stereocenters. The number of ether oxygens (including phenoxy) is 2. The smallest absolute Gasteiger partial charge is 0.223 e. The second-order valence-electron chi connectivity index (χ2n) is 8.48. The van der Waals surface area contributed by atoms with Crippen LogP contribution in [0.15, 0.2) is 36.7 Å². The minimum Gasteiger partial charge on any atom is -0.480 e. The second kappa shape index (κ2) is 7.85. The molecule has 0 aromatic carbocycles. The van der Waals surface area contributed by atoms with Crippen LogP contribution < -0.4 is 14.8 Å². The van der Waals surface area contributed by atoms with Crippen LogP contribution in [-0.4, -0.2) is 51.5 Å². The molecule has 2 aliphatic rings. The molecule has 4 heterocycles. The highest BCUT2D eigenvalue weighted by molar-refractivity contribution is 5.70. The van der Waals surface area contributed by atoms with E-state index in [0.717, 1.165) is 29.1 Å². The van der Waals surface area contributed by atoms with Gasteiger partial charge in [-0.3, -0.25) is 9.58 Å². The van der Waals surface area contributed by atoms with Crippen molar-refractivity contribution in [1.29, 1.82) is 0 Å². The van der Waals surface area contributed by atoms with Crippen LogP contribution in [-0.2, 0) is 7.05 Å². The molecule has 1 N–H and O–H groups in total. The van der Waals surface area contributed by atoms with Gasteiger partial charge in [-0.1, -0.05) is 0 Å². The number of rotatable bonds is 5. The Morgan fingerprint density at radius 2 is 1.87 bits per heavy atom. The Morgan fingerprint density at radius 1 is 1.10 bits per heavy atom. The predicted molar refractivity (Wildman–Crippen MR) is 119 cm³/mol. The Bertz CT molecular complexity index is 1090. The molecule has 0 spiro atoms. The molecule has 3 aromatic heterocycles. The lowest BCUT2D eigenvalue weighted by atomic mass is 10.1. The molecule has 8 heteroatoms. The summed E-state index contributed by atoms with van der Waals surface area (Å²) in [6.45, 7) is 3.13. The lowest BCUT2D eigenvalue weighted by molar-refractivity contribution is 0.128. The van der Waals surface area contributed by atoms with Crippen molar-refractivity contribution in [2.75, 3.05) is 26.0 Å². The number of hydrogen-bond donors (Lipinski definition) is 1. The molecule has 1 fully saturated rings. The van der Waals surface area contributed by atoms with Gasteiger partial charge < -0.3 is 14.8 Å². The highest BCUT2D eigenvalue weighted by Gasteiger charge is 2.37. The minimum atomic E-state index is 0.202. The number of likely N-dealkylation sites (N-methyl/N-ethyl adjacent to an activating group) is 1. The number of methoxy groups -OCH3 is 1. The van der Waals surface area contributed by atoms with E-state index in [2.05, 4.69) is 40.3 Å². The third-order valence-electron chi connectivity index (χ3n) is 6.21. The van der Waals surface area contributed by atoms with E-state index in [4.69, 9.17) is 14.5 Å². The van der Waals surface area contributed by atoms with Crippen molar-refractivity contribution in [3.63, 3.8) is 0 Å². The molecule has 0 amide bonds. The quantitative estimate of drug-likeness (QED) is 0.673. The number of fused-ring (bicyclic) bond motifs is 1. The number of nitrogens with zero attached hydrogens (tertiary/aromatic N) is 5. The number of nitrogens with one attached hydrogen (secondary N) is 1. The summed E-state index contributed by atoms with van der Waals surface area (Å²) in [5, 5.41) is 7.53. The van der Waals surface area contributed by atoms with E-state index < -0.39 is 0 Å². The summed E-state index contributed by atoms with van der Waals surface area (Å²) < 4.78 is 13.7. The molecule has 162 valence electrons. The number of hydrogen-bond acceptors (Lipinski definition) is 7. The van der Waals surface area contributed by atoms with E-state index in [0.29, 0.717) is 23.4 Å². The molecule has 0 bridgehead atoms. The number of anilines is 2. The van der Waals surface area contributed by atoms with Crippen LogP contribution in [0.3, 0.4) is 0 Å². The Labute approximate surface area is 182 Å². The van der Waals surface area contributed by atoms with Crippen molar-refractivity contribution < 1.29 is 9.47 Å². The van der Waals surface area contributed by atoms with Gasteiger partial charge in [-0.15, -0.1) is 0 Å². The standard InChI is InChI=1S/C23H28N6O2/c1-14-17-7-9-21(27-23(17)31-19(13-28(14)2)15-5-6-15)25-20-10-8-18(22(26-20)30-4)16-11-24-29(3)12-16/h7-12,14-15,19H,5-6,13H2,1-4H3,(H,25,26,27). The zero-order valence-electron chi connectivity index (χ0n) is 18.4. The van der Waals surface area contributed by atoms with Crippen LogP contribution in [0.4, 0.5) is 11.6 Å². The van der Waals surface area contributed by atoms with Gasteiger partial charge >= 0.3 is 0 Å². The highest BCUT2D eigenvalue weighted by Crippen LogP contribution is 2.40. The maximum atomic E-state index is 6.38. The monoisotopic (exact) mass is 420 g/mol. The van der Waals surface area contributed by atoms with Crippen molar-refractivity contribution >= 4 is 11.6 Å². The van der Waals surface area contributed by atoms with Gasteiger partial charge in [0.05, 0.1) is 13.3 Å². The first-order valence-corrected chi connectivity index (χ1v) is 10.7. The van der Waals surface area contributed by atoms with E-state index in [-0.39, 0.29) is 12.1 Å². The zero-order valence-corrected chi connectivity index (χ0v) is 18.4.